The van der Waals surface area contributed by atoms with Crippen LogP contribution < -0.4 is 0 Å². The lowest BCUT2D eigenvalue weighted by molar-refractivity contribution is 0.150. The number of thiophene rings is 1. The summed E-state index contributed by atoms with van der Waals surface area (Å²) in [5.74, 6) is 0. The molecule has 1 atom stereocenters. The van der Waals surface area contributed by atoms with Crippen LogP contribution in [0.5, 0.6) is 0 Å². The molecule has 12 heavy (non-hydrogen) atoms. The molecule has 0 radical (unpaired) electrons. The third-order valence-corrected chi connectivity index (χ3v) is 3.84. The lowest BCUT2D eigenvalue weighted by Crippen LogP contribution is -2.22. The molecule has 0 spiro atoms. The van der Waals surface area contributed by atoms with Crippen molar-refractivity contribution in [1.29, 1.82) is 0 Å². The van der Waals surface area contributed by atoms with E-state index in [4.69, 9.17) is 0 Å². The Labute approximate surface area is 77.0 Å². The van der Waals surface area contributed by atoms with Gasteiger partial charge < -0.3 is 5.11 Å². The van der Waals surface area contributed by atoms with E-state index in [0.29, 0.717) is 0 Å². The molecule has 2 rings (SSSR count). The van der Waals surface area contributed by atoms with E-state index in [1.54, 1.807) is 11.3 Å². The highest BCUT2D eigenvalue weighted by molar-refractivity contribution is 7.08. The van der Waals surface area contributed by atoms with Gasteiger partial charge in [-0.1, -0.05) is 0 Å². The lowest BCUT2D eigenvalue weighted by Gasteiger charge is -2.18. The van der Waals surface area contributed by atoms with Gasteiger partial charge in [-0.05, 0) is 48.6 Å². The first kappa shape index (κ1) is 8.27. The van der Waals surface area contributed by atoms with Gasteiger partial charge in [-0.2, -0.15) is 11.3 Å². The summed E-state index contributed by atoms with van der Waals surface area (Å²) >= 11 is 1.74. The second kappa shape index (κ2) is 2.57. The van der Waals surface area contributed by atoms with Crippen LogP contribution in [0, 0.1) is 6.92 Å². The Morgan fingerprint density at radius 1 is 1.50 bits per heavy atom. The average molecular weight is 182 g/mol. The van der Waals surface area contributed by atoms with Crippen molar-refractivity contribution in [3.8, 4) is 0 Å². The molecular formula is C10H14OS. The molecule has 0 saturated heterocycles. The number of rotatable bonds is 2. The van der Waals surface area contributed by atoms with E-state index in [1.807, 2.05) is 6.92 Å². The third kappa shape index (κ3) is 1.02. The van der Waals surface area contributed by atoms with Gasteiger partial charge in [-0.3, -0.25) is 0 Å². The molecule has 0 bridgehead atoms. The Balaban J connectivity index is 2.36. The number of hydrogen-bond acceptors (Lipinski definition) is 2. The van der Waals surface area contributed by atoms with Gasteiger partial charge in [-0.15, -0.1) is 0 Å². The molecule has 2 heteroatoms. The standard InChI is InChI=1S/C10H14OS/c1-7-5-12-6-9(7)10(3-4-10)8(2)11/h5-6,8,11H,3-4H2,1-2H3. The number of hydrogen-bond donors (Lipinski definition) is 1. The first-order chi connectivity index (χ1) is 5.67. The van der Waals surface area contributed by atoms with Gasteiger partial charge in [0.1, 0.15) is 0 Å². The molecule has 1 heterocycles. The van der Waals surface area contributed by atoms with Crippen LogP contribution in [0.3, 0.4) is 0 Å². The smallest absolute Gasteiger partial charge is 0.0609 e. The van der Waals surface area contributed by atoms with Gasteiger partial charge in [0.25, 0.3) is 0 Å². The summed E-state index contributed by atoms with van der Waals surface area (Å²) in [4.78, 5) is 0. The predicted molar refractivity (Wildman–Crippen MR) is 51.6 cm³/mol. The molecule has 1 N–H and O–H groups in total. The lowest BCUT2D eigenvalue weighted by atomic mass is 9.91. The highest BCUT2D eigenvalue weighted by Gasteiger charge is 2.49. The van der Waals surface area contributed by atoms with Crippen molar-refractivity contribution < 1.29 is 5.11 Å². The highest BCUT2D eigenvalue weighted by Crippen LogP contribution is 2.52. The summed E-state index contributed by atoms with van der Waals surface area (Å²) in [6.07, 6.45) is 2.12. The minimum Gasteiger partial charge on any atom is -0.392 e. The molecule has 0 amide bonds. The molecule has 1 aliphatic rings. The average Bonchev–Trinajstić information content (AvgIpc) is 2.71. The molecule has 1 aromatic rings. The second-order valence-electron chi connectivity index (χ2n) is 3.80. The molecule has 1 nitrogen and oxygen atoms in total. The monoisotopic (exact) mass is 182 g/mol. The summed E-state index contributed by atoms with van der Waals surface area (Å²) < 4.78 is 0. The van der Waals surface area contributed by atoms with Crippen LogP contribution in [0.2, 0.25) is 0 Å². The molecular weight excluding hydrogens is 168 g/mol. The molecule has 0 aliphatic heterocycles. The zero-order chi connectivity index (χ0) is 8.77. The van der Waals surface area contributed by atoms with E-state index in [1.165, 1.54) is 11.1 Å². The fourth-order valence-electron chi connectivity index (χ4n) is 1.92. The van der Waals surface area contributed by atoms with Crippen LogP contribution in [0.4, 0.5) is 0 Å². The Morgan fingerprint density at radius 3 is 2.50 bits per heavy atom. The van der Waals surface area contributed by atoms with Crippen molar-refractivity contribution in [1.82, 2.24) is 0 Å². The van der Waals surface area contributed by atoms with Crippen molar-refractivity contribution >= 4 is 11.3 Å². The Bertz CT molecular complexity index is 284. The van der Waals surface area contributed by atoms with E-state index in [2.05, 4.69) is 17.7 Å². The summed E-state index contributed by atoms with van der Waals surface area (Å²) in [6.45, 7) is 4.04. The first-order valence-electron chi connectivity index (χ1n) is 4.38. The number of aryl methyl sites for hydroxylation is 1. The van der Waals surface area contributed by atoms with E-state index < -0.39 is 0 Å². The molecule has 1 aliphatic carbocycles. The maximum Gasteiger partial charge on any atom is 0.0609 e. The molecule has 1 unspecified atom stereocenters. The van der Waals surface area contributed by atoms with Crippen LogP contribution in [-0.2, 0) is 5.41 Å². The molecule has 0 aromatic carbocycles. The highest BCUT2D eigenvalue weighted by atomic mass is 32.1. The summed E-state index contributed by atoms with van der Waals surface area (Å²) in [6, 6.07) is 0. The topological polar surface area (TPSA) is 20.2 Å². The zero-order valence-corrected chi connectivity index (χ0v) is 8.32. The number of aliphatic hydroxyl groups is 1. The molecule has 66 valence electrons. The Morgan fingerprint density at radius 2 is 2.17 bits per heavy atom. The normalized spacial score (nSPS) is 22.2. The summed E-state index contributed by atoms with van der Waals surface area (Å²) in [7, 11) is 0. The molecule has 1 aromatic heterocycles. The fourth-order valence-corrected chi connectivity index (χ4v) is 2.87. The van der Waals surface area contributed by atoms with E-state index >= 15 is 0 Å². The van der Waals surface area contributed by atoms with Crippen LogP contribution in [-0.4, -0.2) is 11.2 Å². The Kier molecular flexibility index (Phi) is 1.77. The van der Waals surface area contributed by atoms with Crippen LogP contribution in [0.25, 0.3) is 0 Å². The maximum atomic E-state index is 9.64. The van der Waals surface area contributed by atoms with E-state index in [-0.39, 0.29) is 11.5 Å². The summed E-state index contributed by atoms with van der Waals surface area (Å²) in [5, 5.41) is 14.0. The van der Waals surface area contributed by atoms with Crippen LogP contribution >= 0.6 is 11.3 Å². The van der Waals surface area contributed by atoms with Gasteiger partial charge in [-0.25, -0.2) is 0 Å². The predicted octanol–water partition coefficient (Wildman–Crippen LogP) is 2.47. The van der Waals surface area contributed by atoms with Crippen molar-refractivity contribution in [2.45, 2.75) is 38.2 Å². The quantitative estimate of drug-likeness (QED) is 0.745. The summed E-state index contributed by atoms with van der Waals surface area (Å²) in [5.41, 5.74) is 2.85. The van der Waals surface area contributed by atoms with Crippen molar-refractivity contribution in [2.75, 3.05) is 0 Å². The second-order valence-corrected chi connectivity index (χ2v) is 4.54. The van der Waals surface area contributed by atoms with Gasteiger partial charge in [0.05, 0.1) is 6.10 Å². The van der Waals surface area contributed by atoms with Gasteiger partial charge in [0.2, 0.25) is 0 Å². The van der Waals surface area contributed by atoms with Crippen molar-refractivity contribution in [2.24, 2.45) is 0 Å². The SMILES string of the molecule is Cc1cscc1C1(C(C)O)CC1. The van der Waals surface area contributed by atoms with Crippen LogP contribution in [0.1, 0.15) is 30.9 Å². The van der Waals surface area contributed by atoms with Crippen LogP contribution in [0.15, 0.2) is 10.8 Å². The first-order valence-corrected chi connectivity index (χ1v) is 5.32. The minimum absolute atomic E-state index is 0.129. The molecule has 1 saturated carbocycles. The maximum absolute atomic E-state index is 9.64. The largest absolute Gasteiger partial charge is 0.392 e. The zero-order valence-electron chi connectivity index (χ0n) is 7.50. The van der Waals surface area contributed by atoms with Gasteiger partial charge in [0, 0.05) is 5.41 Å². The third-order valence-electron chi connectivity index (χ3n) is 2.98. The van der Waals surface area contributed by atoms with Gasteiger partial charge in [0.15, 0.2) is 0 Å². The molecule has 1 fully saturated rings. The van der Waals surface area contributed by atoms with Gasteiger partial charge >= 0.3 is 0 Å². The Hall–Kier alpha value is -0.340. The van der Waals surface area contributed by atoms with Crippen molar-refractivity contribution in [3.05, 3.63) is 21.9 Å². The minimum atomic E-state index is -0.189. The fraction of sp³-hybridized carbons (Fsp3) is 0.600. The van der Waals surface area contributed by atoms with Crippen molar-refractivity contribution in [3.63, 3.8) is 0 Å². The van der Waals surface area contributed by atoms with E-state index in [0.717, 1.165) is 12.8 Å². The van der Waals surface area contributed by atoms with E-state index in [9.17, 15) is 5.11 Å². The number of aliphatic hydroxyl groups excluding tert-OH is 1.